The Hall–Kier alpha value is -1.55. The standard InChI is InChI=1S/C13H17NO3/c15-9-10-5-6-14(8-10)13(17)7-11-3-1-2-4-12(11)16/h1-4,10,15-16H,5-9H2. The number of aliphatic hydroxyl groups is 1. The van der Waals surface area contributed by atoms with Gasteiger partial charge in [-0.15, -0.1) is 0 Å². The second-order valence-electron chi connectivity index (χ2n) is 4.48. The van der Waals surface area contributed by atoms with E-state index in [1.165, 1.54) is 0 Å². The number of phenolic OH excluding ortho intramolecular Hbond substituents is 1. The van der Waals surface area contributed by atoms with Gasteiger partial charge in [-0.05, 0) is 12.5 Å². The van der Waals surface area contributed by atoms with E-state index in [-0.39, 0.29) is 30.6 Å². The minimum absolute atomic E-state index is 0.0162. The maximum Gasteiger partial charge on any atom is 0.227 e. The molecule has 1 unspecified atom stereocenters. The van der Waals surface area contributed by atoms with E-state index in [0.717, 1.165) is 6.42 Å². The van der Waals surface area contributed by atoms with Gasteiger partial charge >= 0.3 is 0 Å². The van der Waals surface area contributed by atoms with Gasteiger partial charge in [-0.2, -0.15) is 0 Å². The summed E-state index contributed by atoms with van der Waals surface area (Å²) in [7, 11) is 0. The Bertz CT molecular complexity index is 405. The highest BCUT2D eigenvalue weighted by Crippen LogP contribution is 2.20. The van der Waals surface area contributed by atoms with Gasteiger partial charge in [0.1, 0.15) is 5.75 Å². The Kier molecular flexibility index (Phi) is 3.64. The molecule has 1 aromatic rings. The van der Waals surface area contributed by atoms with Crippen LogP contribution in [-0.2, 0) is 11.2 Å². The smallest absolute Gasteiger partial charge is 0.227 e. The molecule has 92 valence electrons. The summed E-state index contributed by atoms with van der Waals surface area (Å²) in [6.07, 6.45) is 1.09. The fourth-order valence-corrected chi connectivity index (χ4v) is 2.14. The van der Waals surface area contributed by atoms with Crippen molar-refractivity contribution in [1.82, 2.24) is 4.90 Å². The Labute approximate surface area is 100 Å². The normalized spacial score (nSPS) is 19.6. The van der Waals surface area contributed by atoms with Gasteiger partial charge < -0.3 is 15.1 Å². The molecule has 1 amide bonds. The van der Waals surface area contributed by atoms with Gasteiger partial charge in [0.25, 0.3) is 0 Å². The van der Waals surface area contributed by atoms with Crippen molar-refractivity contribution in [2.75, 3.05) is 19.7 Å². The van der Waals surface area contributed by atoms with Crippen LogP contribution in [0.1, 0.15) is 12.0 Å². The van der Waals surface area contributed by atoms with Gasteiger partial charge in [-0.1, -0.05) is 18.2 Å². The molecule has 0 radical (unpaired) electrons. The predicted octanol–water partition coefficient (Wildman–Crippen LogP) is 0.775. The molecule has 2 N–H and O–H groups in total. The monoisotopic (exact) mass is 235 g/mol. The van der Waals surface area contributed by atoms with Crippen LogP contribution < -0.4 is 0 Å². The zero-order valence-electron chi connectivity index (χ0n) is 9.67. The first-order valence-electron chi connectivity index (χ1n) is 5.86. The van der Waals surface area contributed by atoms with Gasteiger partial charge in [0.05, 0.1) is 6.42 Å². The Morgan fingerprint density at radius 1 is 1.41 bits per heavy atom. The second kappa shape index (κ2) is 5.19. The molecule has 0 saturated carbocycles. The van der Waals surface area contributed by atoms with Crippen molar-refractivity contribution in [3.05, 3.63) is 29.8 Å². The van der Waals surface area contributed by atoms with E-state index in [1.807, 2.05) is 6.07 Å². The summed E-state index contributed by atoms with van der Waals surface area (Å²) in [6.45, 7) is 1.47. The van der Waals surface area contributed by atoms with E-state index >= 15 is 0 Å². The number of amides is 1. The second-order valence-corrected chi connectivity index (χ2v) is 4.48. The van der Waals surface area contributed by atoms with Crippen molar-refractivity contribution < 1.29 is 15.0 Å². The van der Waals surface area contributed by atoms with Crippen molar-refractivity contribution in [3.8, 4) is 5.75 Å². The number of benzene rings is 1. The van der Waals surface area contributed by atoms with Gasteiger partial charge in [0, 0.05) is 31.2 Å². The average Bonchev–Trinajstić information content (AvgIpc) is 2.81. The zero-order valence-corrected chi connectivity index (χ0v) is 9.67. The lowest BCUT2D eigenvalue weighted by Gasteiger charge is -2.16. The van der Waals surface area contributed by atoms with E-state index in [9.17, 15) is 9.90 Å². The lowest BCUT2D eigenvalue weighted by atomic mass is 10.1. The number of hydrogen-bond donors (Lipinski definition) is 2. The number of phenols is 1. The number of aromatic hydroxyl groups is 1. The summed E-state index contributed by atoms with van der Waals surface area (Å²) in [4.78, 5) is 13.7. The Morgan fingerprint density at radius 3 is 2.82 bits per heavy atom. The molecule has 1 atom stereocenters. The minimum atomic E-state index is 0.0162. The number of para-hydroxylation sites is 1. The molecule has 1 aliphatic rings. The number of rotatable bonds is 3. The van der Waals surface area contributed by atoms with Crippen molar-refractivity contribution in [1.29, 1.82) is 0 Å². The molecular weight excluding hydrogens is 218 g/mol. The minimum Gasteiger partial charge on any atom is -0.508 e. The highest BCUT2D eigenvalue weighted by molar-refractivity contribution is 5.79. The summed E-state index contributed by atoms with van der Waals surface area (Å²) >= 11 is 0. The first kappa shape index (κ1) is 11.9. The molecule has 0 bridgehead atoms. The van der Waals surface area contributed by atoms with E-state index in [4.69, 9.17) is 5.11 Å². The van der Waals surface area contributed by atoms with Gasteiger partial charge in [0.2, 0.25) is 5.91 Å². The van der Waals surface area contributed by atoms with E-state index < -0.39 is 0 Å². The molecular formula is C13H17NO3. The number of aliphatic hydroxyl groups excluding tert-OH is 1. The quantitative estimate of drug-likeness (QED) is 0.813. The lowest BCUT2D eigenvalue weighted by molar-refractivity contribution is -0.129. The van der Waals surface area contributed by atoms with E-state index in [1.54, 1.807) is 23.1 Å². The molecule has 1 heterocycles. The number of carbonyl (C=O) groups is 1. The molecule has 0 spiro atoms. The predicted molar refractivity (Wildman–Crippen MR) is 63.6 cm³/mol. The van der Waals surface area contributed by atoms with Crippen LogP contribution >= 0.6 is 0 Å². The zero-order chi connectivity index (χ0) is 12.3. The number of hydrogen-bond acceptors (Lipinski definition) is 3. The van der Waals surface area contributed by atoms with Crippen LogP contribution in [0.3, 0.4) is 0 Å². The molecule has 4 heteroatoms. The fourth-order valence-electron chi connectivity index (χ4n) is 2.14. The molecule has 0 aromatic heterocycles. The van der Waals surface area contributed by atoms with Crippen LogP contribution in [0.2, 0.25) is 0 Å². The summed E-state index contributed by atoms with van der Waals surface area (Å²) in [5.74, 6) is 0.393. The molecule has 1 aliphatic heterocycles. The maximum atomic E-state index is 12.0. The fraction of sp³-hybridized carbons (Fsp3) is 0.462. The van der Waals surface area contributed by atoms with Crippen molar-refractivity contribution in [2.45, 2.75) is 12.8 Å². The summed E-state index contributed by atoms with van der Waals surface area (Å²) in [5, 5.41) is 18.6. The van der Waals surface area contributed by atoms with Gasteiger partial charge in [-0.25, -0.2) is 0 Å². The third-order valence-corrected chi connectivity index (χ3v) is 3.23. The van der Waals surface area contributed by atoms with Crippen LogP contribution in [0.25, 0.3) is 0 Å². The lowest BCUT2D eigenvalue weighted by Crippen LogP contribution is -2.30. The molecule has 2 rings (SSSR count). The van der Waals surface area contributed by atoms with Gasteiger partial charge in [0.15, 0.2) is 0 Å². The molecule has 1 fully saturated rings. The molecule has 0 aliphatic carbocycles. The van der Waals surface area contributed by atoms with Crippen LogP contribution in [0, 0.1) is 5.92 Å². The molecule has 1 saturated heterocycles. The number of carbonyl (C=O) groups excluding carboxylic acids is 1. The third kappa shape index (κ3) is 2.77. The molecule has 1 aromatic carbocycles. The Morgan fingerprint density at radius 2 is 2.18 bits per heavy atom. The first-order valence-corrected chi connectivity index (χ1v) is 5.86. The number of likely N-dealkylation sites (tertiary alicyclic amines) is 1. The average molecular weight is 235 g/mol. The van der Waals surface area contributed by atoms with Crippen LogP contribution in [-0.4, -0.2) is 40.7 Å². The van der Waals surface area contributed by atoms with E-state index in [0.29, 0.717) is 18.7 Å². The summed E-state index contributed by atoms with van der Waals surface area (Å²) in [5.41, 5.74) is 0.657. The summed E-state index contributed by atoms with van der Waals surface area (Å²) < 4.78 is 0. The van der Waals surface area contributed by atoms with E-state index in [2.05, 4.69) is 0 Å². The first-order chi connectivity index (χ1) is 8.20. The van der Waals surface area contributed by atoms with Crippen molar-refractivity contribution >= 4 is 5.91 Å². The third-order valence-electron chi connectivity index (χ3n) is 3.23. The molecule has 4 nitrogen and oxygen atoms in total. The highest BCUT2D eigenvalue weighted by atomic mass is 16.3. The molecule has 17 heavy (non-hydrogen) atoms. The van der Waals surface area contributed by atoms with Crippen LogP contribution in [0.15, 0.2) is 24.3 Å². The van der Waals surface area contributed by atoms with Gasteiger partial charge in [-0.3, -0.25) is 4.79 Å². The number of nitrogens with zero attached hydrogens (tertiary/aromatic N) is 1. The van der Waals surface area contributed by atoms with Crippen molar-refractivity contribution in [3.63, 3.8) is 0 Å². The largest absolute Gasteiger partial charge is 0.508 e. The summed E-state index contributed by atoms with van der Waals surface area (Å²) in [6, 6.07) is 6.89. The maximum absolute atomic E-state index is 12.0. The topological polar surface area (TPSA) is 60.8 Å². The SMILES string of the molecule is O=C(Cc1ccccc1O)N1CCC(CO)C1. The highest BCUT2D eigenvalue weighted by Gasteiger charge is 2.25. The van der Waals surface area contributed by atoms with Crippen molar-refractivity contribution in [2.24, 2.45) is 5.92 Å². The van der Waals surface area contributed by atoms with Crippen LogP contribution in [0.4, 0.5) is 0 Å². The Balaban J connectivity index is 1.96. The van der Waals surface area contributed by atoms with Crippen LogP contribution in [0.5, 0.6) is 5.75 Å².